The minimum absolute atomic E-state index is 0.0233. The molecule has 2 N–H and O–H groups in total. The number of sulfonamides is 1. The van der Waals surface area contributed by atoms with E-state index in [4.69, 9.17) is 9.47 Å². The predicted octanol–water partition coefficient (Wildman–Crippen LogP) is 2.59. The predicted molar refractivity (Wildman–Crippen MR) is 106 cm³/mol. The van der Waals surface area contributed by atoms with Crippen molar-refractivity contribution in [3.05, 3.63) is 48.0 Å². The summed E-state index contributed by atoms with van der Waals surface area (Å²) in [6.07, 6.45) is 0.696. The van der Waals surface area contributed by atoms with Gasteiger partial charge >= 0.3 is 0 Å². The van der Waals surface area contributed by atoms with Gasteiger partial charge in [-0.1, -0.05) is 13.0 Å². The van der Waals surface area contributed by atoms with Crippen LogP contribution in [0.1, 0.15) is 31.7 Å². The van der Waals surface area contributed by atoms with Crippen LogP contribution in [0.15, 0.2) is 47.4 Å². The van der Waals surface area contributed by atoms with Crippen molar-refractivity contribution in [3.8, 4) is 11.5 Å². The molecule has 0 radical (unpaired) electrons. The Morgan fingerprint density at radius 3 is 2.45 bits per heavy atom. The average Bonchev–Trinajstić information content (AvgIpc) is 3.19. The summed E-state index contributed by atoms with van der Waals surface area (Å²) in [5.74, 6) is 0.953. The molecule has 154 valence electrons. The second kappa shape index (κ2) is 9.06. The summed E-state index contributed by atoms with van der Waals surface area (Å²) in [4.78, 5) is 23.2. The van der Waals surface area contributed by atoms with E-state index in [1.54, 1.807) is 25.1 Å². The Kier molecular flexibility index (Phi) is 6.50. The first-order chi connectivity index (χ1) is 13.9. The lowest BCUT2D eigenvalue weighted by atomic mass is 10.2. The first-order valence-corrected chi connectivity index (χ1v) is 10.7. The zero-order valence-electron chi connectivity index (χ0n) is 15.9. The number of carbonyl (C=O) groups is 2. The van der Waals surface area contributed by atoms with Crippen LogP contribution in [-0.2, 0) is 26.2 Å². The summed E-state index contributed by atoms with van der Waals surface area (Å²) in [5.41, 5.74) is 1.21. The van der Waals surface area contributed by atoms with Gasteiger partial charge in [-0.3, -0.25) is 9.59 Å². The van der Waals surface area contributed by atoms with Crippen LogP contribution in [0.3, 0.4) is 0 Å². The molecule has 1 heterocycles. The topological polar surface area (TPSA) is 111 Å². The van der Waals surface area contributed by atoms with Gasteiger partial charge in [-0.25, -0.2) is 13.1 Å². The first-order valence-electron chi connectivity index (χ1n) is 9.17. The number of ether oxygens (including phenoxy) is 2. The van der Waals surface area contributed by atoms with E-state index in [0.29, 0.717) is 23.6 Å². The standard InChI is InChI=1S/C20H22N2O6S/c1-2-16(23)6-10-20(24)22-15-4-7-17(8-5-15)29(25,26)21-12-14-3-9-18-19(11-14)28-13-27-18/h3-5,7-9,11,21H,2,6,10,12-13H2,1H3,(H,22,24). The molecule has 0 spiro atoms. The number of nitrogens with one attached hydrogen (secondary N) is 2. The quantitative estimate of drug-likeness (QED) is 0.648. The van der Waals surface area contributed by atoms with Gasteiger partial charge in [0, 0.05) is 31.5 Å². The fraction of sp³-hybridized carbons (Fsp3) is 0.300. The van der Waals surface area contributed by atoms with E-state index in [1.165, 1.54) is 24.3 Å². The highest BCUT2D eigenvalue weighted by Crippen LogP contribution is 2.32. The Hall–Kier alpha value is -2.91. The average molecular weight is 418 g/mol. The number of fused-ring (bicyclic) bond motifs is 1. The highest BCUT2D eigenvalue weighted by Gasteiger charge is 2.17. The van der Waals surface area contributed by atoms with Gasteiger partial charge in [0.25, 0.3) is 0 Å². The number of benzene rings is 2. The van der Waals surface area contributed by atoms with E-state index in [0.717, 1.165) is 5.56 Å². The van der Waals surface area contributed by atoms with Crippen molar-refractivity contribution in [2.45, 2.75) is 37.6 Å². The molecule has 0 atom stereocenters. The monoisotopic (exact) mass is 418 g/mol. The second-order valence-corrected chi connectivity index (χ2v) is 8.24. The maximum atomic E-state index is 12.5. The molecular weight excluding hydrogens is 396 g/mol. The second-order valence-electron chi connectivity index (χ2n) is 6.48. The third-order valence-electron chi connectivity index (χ3n) is 4.38. The van der Waals surface area contributed by atoms with Gasteiger partial charge in [-0.2, -0.15) is 0 Å². The van der Waals surface area contributed by atoms with Gasteiger partial charge in [0.05, 0.1) is 4.90 Å². The fourth-order valence-electron chi connectivity index (χ4n) is 2.68. The third kappa shape index (κ3) is 5.55. The van der Waals surface area contributed by atoms with Gasteiger partial charge in [-0.05, 0) is 42.0 Å². The molecule has 1 amide bonds. The minimum Gasteiger partial charge on any atom is -0.454 e. The Bertz CT molecular complexity index is 1000. The number of carbonyl (C=O) groups excluding carboxylic acids is 2. The lowest BCUT2D eigenvalue weighted by Gasteiger charge is -2.09. The Balaban J connectivity index is 1.56. The number of amides is 1. The molecule has 0 aliphatic carbocycles. The molecule has 9 heteroatoms. The number of anilines is 1. The van der Waals surface area contributed by atoms with E-state index >= 15 is 0 Å². The molecule has 2 aromatic carbocycles. The van der Waals surface area contributed by atoms with Crippen LogP contribution in [0.5, 0.6) is 11.5 Å². The zero-order chi connectivity index (χ0) is 20.9. The molecule has 3 rings (SSSR count). The van der Waals surface area contributed by atoms with E-state index in [9.17, 15) is 18.0 Å². The Morgan fingerprint density at radius 2 is 1.72 bits per heavy atom. The zero-order valence-corrected chi connectivity index (χ0v) is 16.8. The summed E-state index contributed by atoms with van der Waals surface area (Å²) < 4.78 is 38.0. The molecule has 1 aliphatic rings. The molecule has 1 aliphatic heterocycles. The Morgan fingerprint density at radius 1 is 1.00 bits per heavy atom. The van der Waals surface area contributed by atoms with Crippen LogP contribution < -0.4 is 19.5 Å². The maximum absolute atomic E-state index is 12.5. The van der Waals surface area contributed by atoms with Crippen molar-refractivity contribution in [3.63, 3.8) is 0 Å². The smallest absolute Gasteiger partial charge is 0.240 e. The summed E-state index contributed by atoms with van der Waals surface area (Å²) in [6, 6.07) is 11.1. The molecule has 2 aromatic rings. The van der Waals surface area contributed by atoms with E-state index in [1.807, 2.05) is 0 Å². The van der Waals surface area contributed by atoms with Crippen molar-refractivity contribution in [2.75, 3.05) is 12.1 Å². The number of hydrogen-bond donors (Lipinski definition) is 2. The SMILES string of the molecule is CCC(=O)CCC(=O)Nc1ccc(S(=O)(=O)NCc2ccc3c(c2)OCO3)cc1. The van der Waals surface area contributed by atoms with Gasteiger partial charge < -0.3 is 14.8 Å². The largest absolute Gasteiger partial charge is 0.454 e. The van der Waals surface area contributed by atoms with Crippen molar-refractivity contribution in [1.82, 2.24) is 4.72 Å². The van der Waals surface area contributed by atoms with Crippen LogP contribution in [0.4, 0.5) is 5.69 Å². The molecular formula is C20H22N2O6S. The molecule has 0 fully saturated rings. The van der Waals surface area contributed by atoms with Gasteiger partial charge in [0.15, 0.2) is 11.5 Å². The number of ketones is 1. The van der Waals surface area contributed by atoms with Gasteiger partial charge in [0.1, 0.15) is 5.78 Å². The molecule has 0 saturated carbocycles. The maximum Gasteiger partial charge on any atom is 0.240 e. The van der Waals surface area contributed by atoms with Gasteiger partial charge in [-0.15, -0.1) is 0 Å². The number of rotatable bonds is 9. The van der Waals surface area contributed by atoms with Crippen LogP contribution in [0.25, 0.3) is 0 Å². The molecule has 0 saturated heterocycles. The molecule has 8 nitrogen and oxygen atoms in total. The van der Waals surface area contributed by atoms with Crippen molar-refractivity contribution in [2.24, 2.45) is 0 Å². The Labute approximate surface area is 169 Å². The molecule has 0 unspecified atom stereocenters. The summed E-state index contributed by atoms with van der Waals surface area (Å²) in [7, 11) is -3.72. The summed E-state index contributed by atoms with van der Waals surface area (Å²) >= 11 is 0. The van der Waals surface area contributed by atoms with Gasteiger partial charge in [0.2, 0.25) is 22.7 Å². The summed E-state index contributed by atoms with van der Waals surface area (Å²) in [6.45, 7) is 2.01. The van der Waals surface area contributed by atoms with Crippen LogP contribution >= 0.6 is 0 Å². The van der Waals surface area contributed by atoms with Crippen molar-refractivity contribution < 1.29 is 27.5 Å². The van der Waals surface area contributed by atoms with Crippen LogP contribution in [0.2, 0.25) is 0 Å². The summed E-state index contributed by atoms with van der Waals surface area (Å²) in [5, 5.41) is 2.65. The normalized spacial score (nSPS) is 12.6. The number of Topliss-reactive ketones (excluding diaryl/α,β-unsaturated/α-hetero) is 1. The van der Waals surface area contributed by atoms with Crippen LogP contribution in [-0.4, -0.2) is 26.9 Å². The molecule has 29 heavy (non-hydrogen) atoms. The lowest BCUT2D eigenvalue weighted by molar-refractivity contribution is -0.122. The third-order valence-corrected chi connectivity index (χ3v) is 5.79. The highest BCUT2D eigenvalue weighted by atomic mass is 32.2. The fourth-order valence-corrected chi connectivity index (χ4v) is 3.70. The van der Waals surface area contributed by atoms with Crippen molar-refractivity contribution in [1.29, 1.82) is 0 Å². The van der Waals surface area contributed by atoms with Crippen molar-refractivity contribution >= 4 is 27.4 Å². The number of hydrogen-bond acceptors (Lipinski definition) is 6. The van der Waals surface area contributed by atoms with E-state index in [-0.39, 0.29) is 42.8 Å². The highest BCUT2D eigenvalue weighted by molar-refractivity contribution is 7.89. The molecule has 0 aromatic heterocycles. The van der Waals surface area contributed by atoms with Crippen LogP contribution in [0, 0.1) is 0 Å². The molecule has 0 bridgehead atoms. The minimum atomic E-state index is -3.72. The van der Waals surface area contributed by atoms with E-state index in [2.05, 4.69) is 10.0 Å². The lowest BCUT2D eigenvalue weighted by Crippen LogP contribution is -2.23. The first kappa shape index (κ1) is 20.8. The van der Waals surface area contributed by atoms with E-state index < -0.39 is 10.0 Å².